The summed E-state index contributed by atoms with van der Waals surface area (Å²) in [5.74, 6) is -0.0908. The zero-order valence-electron chi connectivity index (χ0n) is 11.2. The summed E-state index contributed by atoms with van der Waals surface area (Å²) in [5.41, 5.74) is 6.25. The number of rotatable bonds is 4. The second-order valence-electron chi connectivity index (χ2n) is 4.74. The van der Waals surface area contributed by atoms with Crippen LogP contribution in [0.3, 0.4) is 0 Å². The first-order valence-electron chi connectivity index (χ1n) is 6.64. The Labute approximate surface area is 117 Å². The quantitative estimate of drug-likeness (QED) is 0.838. The molecule has 1 fully saturated rings. The van der Waals surface area contributed by atoms with Crippen LogP contribution in [0.25, 0.3) is 0 Å². The molecule has 108 valence electrons. The normalized spacial score (nSPS) is 17.9. The molecule has 1 aliphatic heterocycles. The number of benzene rings is 1. The van der Waals surface area contributed by atoms with Crippen molar-refractivity contribution >= 4 is 12.0 Å². The van der Waals surface area contributed by atoms with Crippen LogP contribution in [0.15, 0.2) is 30.3 Å². The van der Waals surface area contributed by atoms with Gasteiger partial charge in [-0.3, -0.25) is 4.79 Å². The number of likely N-dealkylation sites (tertiary alicyclic amines) is 1. The number of hydrogen-bond donors (Lipinski definition) is 2. The van der Waals surface area contributed by atoms with Gasteiger partial charge in [0.25, 0.3) is 0 Å². The molecule has 1 aliphatic rings. The third-order valence-electron chi connectivity index (χ3n) is 3.25. The number of amides is 2. The van der Waals surface area contributed by atoms with Gasteiger partial charge in [0.05, 0.1) is 12.6 Å². The fraction of sp³-hybridized carbons (Fsp3) is 0.429. The van der Waals surface area contributed by atoms with Crippen LogP contribution < -0.4 is 11.1 Å². The maximum absolute atomic E-state index is 11.7. The number of hydrogen-bond acceptors (Lipinski definition) is 4. The molecule has 2 rings (SSSR count). The highest BCUT2D eigenvalue weighted by Gasteiger charge is 2.26. The highest BCUT2D eigenvalue weighted by molar-refractivity contribution is 5.78. The molecule has 1 aromatic carbocycles. The van der Waals surface area contributed by atoms with E-state index in [9.17, 15) is 9.59 Å². The minimum Gasteiger partial charge on any atom is -0.445 e. The predicted octanol–water partition coefficient (Wildman–Crippen LogP) is 0.472. The smallest absolute Gasteiger partial charge is 0.407 e. The fourth-order valence-electron chi connectivity index (χ4n) is 2.17. The summed E-state index contributed by atoms with van der Waals surface area (Å²) < 4.78 is 5.13. The van der Waals surface area contributed by atoms with E-state index in [1.807, 2.05) is 30.3 Å². The zero-order chi connectivity index (χ0) is 14.4. The standard InChI is InChI=1S/C14H19N3O3/c15-8-13(18)17-7-6-12(9-17)16-14(19)20-10-11-4-2-1-3-5-11/h1-5,12H,6-10,15H2,(H,16,19). The zero-order valence-corrected chi connectivity index (χ0v) is 11.2. The Hall–Kier alpha value is -2.08. The monoisotopic (exact) mass is 277 g/mol. The molecule has 1 atom stereocenters. The lowest BCUT2D eigenvalue weighted by Crippen LogP contribution is -2.40. The SMILES string of the molecule is NCC(=O)N1CCC(NC(=O)OCc2ccccc2)C1. The van der Waals surface area contributed by atoms with E-state index in [-0.39, 0.29) is 25.1 Å². The molecule has 1 saturated heterocycles. The number of nitrogens with one attached hydrogen (secondary N) is 1. The van der Waals surface area contributed by atoms with E-state index >= 15 is 0 Å². The van der Waals surface area contributed by atoms with Crippen LogP contribution in [0, 0.1) is 0 Å². The van der Waals surface area contributed by atoms with Gasteiger partial charge in [0.1, 0.15) is 6.61 Å². The van der Waals surface area contributed by atoms with Crippen molar-refractivity contribution in [2.24, 2.45) is 5.73 Å². The number of carbonyl (C=O) groups is 2. The first kappa shape index (κ1) is 14.3. The van der Waals surface area contributed by atoms with Gasteiger partial charge in [0, 0.05) is 13.1 Å². The molecule has 1 aromatic rings. The number of carbonyl (C=O) groups excluding carboxylic acids is 2. The van der Waals surface area contributed by atoms with Crippen molar-refractivity contribution in [2.75, 3.05) is 19.6 Å². The Morgan fingerprint density at radius 1 is 1.35 bits per heavy atom. The lowest BCUT2D eigenvalue weighted by molar-refractivity contribution is -0.128. The van der Waals surface area contributed by atoms with Gasteiger partial charge in [0.15, 0.2) is 0 Å². The van der Waals surface area contributed by atoms with Crippen molar-refractivity contribution in [3.63, 3.8) is 0 Å². The third kappa shape index (κ3) is 3.96. The molecule has 0 saturated carbocycles. The Bertz CT molecular complexity index is 464. The van der Waals surface area contributed by atoms with Crippen LogP contribution >= 0.6 is 0 Å². The molecule has 3 N–H and O–H groups in total. The lowest BCUT2D eigenvalue weighted by atomic mass is 10.2. The number of ether oxygens (including phenoxy) is 1. The molecule has 2 amide bonds. The van der Waals surface area contributed by atoms with Crippen molar-refractivity contribution in [1.29, 1.82) is 0 Å². The Morgan fingerprint density at radius 3 is 2.80 bits per heavy atom. The van der Waals surface area contributed by atoms with Crippen LogP contribution in [-0.2, 0) is 16.1 Å². The molecule has 6 heteroatoms. The number of nitrogens with zero attached hydrogens (tertiary/aromatic N) is 1. The van der Waals surface area contributed by atoms with E-state index in [0.717, 1.165) is 12.0 Å². The van der Waals surface area contributed by atoms with E-state index in [0.29, 0.717) is 13.1 Å². The Morgan fingerprint density at radius 2 is 2.10 bits per heavy atom. The van der Waals surface area contributed by atoms with Crippen LogP contribution in [0.1, 0.15) is 12.0 Å². The second kappa shape index (κ2) is 6.91. The van der Waals surface area contributed by atoms with E-state index in [2.05, 4.69) is 5.32 Å². The van der Waals surface area contributed by atoms with Crippen molar-refractivity contribution in [3.8, 4) is 0 Å². The molecule has 1 heterocycles. The minimum atomic E-state index is -0.457. The highest BCUT2D eigenvalue weighted by atomic mass is 16.5. The van der Waals surface area contributed by atoms with Gasteiger partial charge in [-0.15, -0.1) is 0 Å². The Balaban J connectivity index is 1.72. The summed E-state index contributed by atoms with van der Waals surface area (Å²) in [6.45, 7) is 1.37. The van der Waals surface area contributed by atoms with Crippen LogP contribution in [0.2, 0.25) is 0 Å². The van der Waals surface area contributed by atoms with E-state index in [1.165, 1.54) is 0 Å². The highest BCUT2D eigenvalue weighted by Crippen LogP contribution is 2.09. The van der Waals surface area contributed by atoms with Crippen molar-refractivity contribution in [3.05, 3.63) is 35.9 Å². The average molecular weight is 277 g/mol. The topological polar surface area (TPSA) is 84.7 Å². The van der Waals surface area contributed by atoms with Crippen LogP contribution in [-0.4, -0.2) is 42.6 Å². The van der Waals surface area contributed by atoms with E-state index in [1.54, 1.807) is 4.90 Å². The maximum atomic E-state index is 11.7. The van der Waals surface area contributed by atoms with Crippen LogP contribution in [0.5, 0.6) is 0 Å². The van der Waals surface area contributed by atoms with Gasteiger partial charge < -0.3 is 20.7 Å². The minimum absolute atomic E-state index is 0.00513. The molecule has 0 radical (unpaired) electrons. The molecule has 1 unspecified atom stereocenters. The van der Waals surface area contributed by atoms with Gasteiger partial charge in [-0.25, -0.2) is 4.79 Å². The summed E-state index contributed by atoms with van der Waals surface area (Å²) >= 11 is 0. The summed E-state index contributed by atoms with van der Waals surface area (Å²) in [5, 5.41) is 2.76. The predicted molar refractivity (Wildman–Crippen MR) is 73.8 cm³/mol. The van der Waals surface area contributed by atoms with E-state index < -0.39 is 6.09 Å². The molecular formula is C14H19N3O3. The van der Waals surface area contributed by atoms with E-state index in [4.69, 9.17) is 10.5 Å². The van der Waals surface area contributed by atoms with Gasteiger partial charge in [0.2, 0.25) is 5.91 Å². The van der Waals surface area contributed by atoms with Gasteiger partial charge in [-0.05, 0) is 12.0 Å². The van der Waals surface area contributed by atoms with Crippen molar-refractivity contribution in [2.45, 2.75) is 19.1 Å². The second-order valence-corrected chi connectivity index (χ2v) is 4.74. The number of alkyl carbamates (subject to hydrolysis) is 1. The maximum Gasteiger partial charge on any atom is 0.407 e. The van der Waals surface area contributed by atoms with Gasteiger partial charge in [-0.1, -0.05) is 30.3 Å². The summed E-state index contributed by atoms with van der Waals surface area (Å²) in [6, 6.07) is 9.42. The molecule has 0 spiro atoms. The Kier molecular flexibility index (Phi) is 4.95. The number of nitrogens with two attached hydrogens (primary N) is 1. The summed E-state index contributed by atoms with van der Waals surface area (Å²) in [7, 11) is 0. The fourth-order valence-corrected chi connectivity index (χ4v) is 2.17. The third-order valence-corrected chi connectivity index (χ3v) is 3.25. The largest absolute Gasteiger partial charge is 0.445 e. The summed E-state index contributed by atoms with van der Waals surface area (Å²) in [4.78, 5) is 24.7. The molecular weight excluding hydrogens is 258 g/mol. The van der Waals surface area contributed by atoms with Gasteiger partial charge >= 0.3 is 6.09 Å². The van der Waals surface area contributed by atoms with Crippen LogP contribution in [0.4, 0.5) is 4.79 Å². The van der Waals surface area contributed by atoms with Crippen molar-refractivity contribution < 1.29 is 14.3 Å². The molecule has 0 aliphatic carbocycles. The summed E-state index contributed by atoms with van der Waals surface area (Å²) in [6.07, 6.45) is 0.271. The first-order valence-corrected chi connectivity index (χ1v) is 6.64. The molecule has 20 heavy (non-hydrogen) atoms. The molecule has 0 aromatic heterocycles. The average Bonchev–Trinajstić information content (AvgIpc) is 2.94. The molecule has 6 nitrogen and oxygen atoms in total. The van der Waals surface area contributed by atoms with Crippen molar-refractivity contribution in [1.82, 2.24) is 10.2 Å². The lowest BCUT2D eigenvalue weighted by Gasteiger charge is -2.16. The molecule has 0 bridgehead atoms. The van der Waals surface area contributed by atoms with Gasteiger partial charge in [-0.2, -0.15) is 0 Å². The first-order chi connectivity index (χ1) is 9.69.